The van der Waals surface area contributed by atoms with E-state index >= 15 is 0 Å². The molecular formula is C19H40NOPS. The normalized spacial score (nSPS) is 9.17. The molecule has 0 saturated carbocycles. The van der Waals surface area contributed by atoms with Gasteiger partial charge in [0, 0.05) is 11.5 Å². The summed E-state index contributed by atoms with van der Waals surface area (Å²) in [4.78, 5) is 10.9. The molecule has 0 aliphatic heterocycles. The smallest absolute Gasteiger partial charge is 0.147 e. The first-order valence-electron chi connectivity index (χ1n) is 8.56. The summed E-state index contributed by atoms with van der Waals surface area (Å²) in [5.41, 5.74) is 8.20. The van der Waals surface area contributed by atoms with Gasteiger partial charge in [0.15, 0.2) is 0 Å². The molecule has 0 aliphatic rings. The van der Waals surface area contributed by atoms with Crippen molar-refractivity contribution in [3.05, 3.63) is 35.4 Å². The van der Waals surface area contributed by atoms with E-state index in [4.69, 9.17) is 5.73 Å². The highest BCUT2D eigenvalue weighted by Gasteiger charge is 2.07. The average molecular weight is 362 g/mol. The van der Waals surface area contributed by atoms with Gasteiger partial charge in [0.25, 0.3) is 0 Å². The van der Waals surface area contributed by atoms with Crippen LogP contribution in [-0.4, -0.2) is 24.2 Å². The van der Waals surface area contributed by atoms with E-state index in [1.165, 1.54) is 18.1 Å². The molecule has 0 heterocycles. The Hall–Kier alpha value is -0.370. The van der Waals surface area contributed by atoms with Crippen molar-refractivity contribution >= 4 is 26.8 Å². The monoisotopic (exact) mass is 361 g/mol. The molecule has 1 rings (SSSR count). The summed E-state index contributed by atoms with van der Waals surface area (Å²) in [5.74, 6) is 1.68. The van der Waals surface area contributed by atoms with Gasteiger partial charge in [-0.1, -0.05) is 78.0 Å². The Labute approximate surface area is 152 Å². The molecule has 1 aromatic carbocycles. The van der Waals surface area contributed by atoms with Gasteiger partial charge < -0.3 is 5.73 Å². The van der Waals surface area contributed by atoms with E-state index in [1.807, 2.05) is 48.2 Å². The van der Waals surface area contributed by atoms with E-state index in [1.54, 1.807) is 11.8 Å². The van der Waals surface area contributed by atoms with Crippen LogP contribution in [0, 0.1) is 6.92 Å². The Bertz CT molecular complexity index is 346. The molecule has 0 aliphatic carbocycles. The van der Waals surface area contributed by atoms with E-state index < -0.39 is 0 Å². The standard InChI is InChI=1S/C12H17NOS.3C2H6.CH5P/c1-9-4-3-5-11(6-9)7-15-8-12(13)10(2)14;4*1-2/h3-6,12H,7-8,13H2,1-2H3;3*1-2H3;2H2,1H3. The zero-order valence-corrected chi connectivity index (χ0v) is 18.7. The van der Waals surface area contributed by atoms with Crippen molar-refractivity contribution in [3.8, 4) is 0 Å². The molecule has 4 heteroatoms. The molecule has 2 nitrogen and oxygen atoms in total. The average Bonchev–Trinajstić information content (AvgIpc) is 2.62. The number of hydrogen-bond acceptors (Lipinski definition) is 3. The summed E-state index contributed by atoms with van der Waals surface area (Å²) >= 11 is 1.71. The van der Waals surface area contributed by atoms with Crippen molar-refractivity contribution in [3.63, 3.8) is 0 Å². The number of rotatable bonds is 5. The molecule has 138 valence electrons. The largest absolute Gasteiger partial charge is 0.321 e. The van der Waals surface area contributed by atoms with Gasteiger partial charge in [-0.2, -0.15) is 11.8 Å². The van der Waals surface area contributed by atoms with Gasteiger partial charge in [-0.05, 0) is 19.4 Å². The third-order valence-electron chi connectivity index (χ3n) is 2.17. The van der Waals surface area contributed by atoms with E-state index in [0.29, 0.717) is 5.75 Å². The lowest BCUT2D eigenvalue weighted by molar-refractivity contribution is -0.117. The van der Waals surface area contributed by atoms with Crippen LogP contribution in [0.3, 0.4) is 0 Å². The highest BCUT2D eigenvalue weighted by molar-refractivity contribution is 7.98. The highest BCUT2D eigenvalue weighted by Crippen LogP contribution is 2.14. The number of nitrogens with two attached hydrogens (primary N) is 1. The quantitative estimate of drug-likeness (QED) is 0.683. The van der Waals surface area contributed by atoms with Crippen LogP contribution in [-0.2, 0) is 10.5 Å². The fourth-order valence-corrected chi connectivity index (χ4v) is 2.24. The van der Waals surface area contributed by atoms with Crippen molar-refractivity contribution in [1.29, 1.82) is 0 Å². The molecule has 0 radical (unpaired) electrons. The molecule has 0 saturated heterocycles. The zero-order valence-electron chi connectivity index (χ0n) is 16.8. The number of aryl methyl sites for hydroxylation is 1. The second-order valence-corrected chi connectivity index (χ2v) is 4.75. The first-order chi connectivity index (χ1) is 11.1. The minimum atomic E-state index is -0.320. The van der Waals surface area contributed by atoms with E-state index in [9.17, 15) is 4.79 Å². The molecule has 0 bridgehead atoms. The molecule has 0 spiro atoms. The van der Waals surface area contributed by atoms with Crippen LogP contribution in [0.4, 0.5) is 0 Å². The number of benzene rings is 1. The highest BCUT2D eigenvalue weighted by atomic mass is 32.2. The Balaban J connectivity index is -0.000000196. The summed E-state index contributed by atoms with van der Waals surface area (Å²) < 4.78 is 0. The minimum Gasteiger partial charge on any atom is -0.321 e. The maximum Gasteiger partial charge on any atom is 0.147 e. The number of hydrogen-bond donors (Lipinski definition) is 1. The molecule has 2 unspecified atom stereocenters. The fraction of sp³-hybridized carbons (Fsp3) is 0.632. The summed E-state index contributed by atoms with van der Waals surface area (Å²) in [6.07, 6.45) is 0. The fourth-order valence-electron chi connectivity index (χ4n) is 1.22. The molecule has 1 aromatic rings. The Morgan fingerprint density at radius 3 is 2.00 bits per heavy atom. The van der Waals surface area contributed by atoms with Crippen LogP contribution in [0.1, 0.15) is 59.6 Å². The van der Waals surface area contributed by atoms with Gasteiger partial charge in [-0.15, -0.1) is 9.24 Å². The topological polar surface area (TPSA) is 43.1 Å². The van der Waals surface area contributed by atoms with Crippen molar-refractivity contribution in [2.45, 2.75) is 67.2 Å². The summed E-state index contributed by atoms with van der Waals surface area (Å²) in [7, 11) is 2.42. The number of Topliss-reactive ketones (excluding diaryl/α,β-unsaturated/α-hetero) is 1. The molecule has 2 atom stereocenters. The number of carbonyl (C=O) groups excluding carboxylic acids is 1. The SMILES string of the molecule is CC.CC.CC.CC(=O)C(N)CSCc1cccc(C)c1.CP. The molecule has 0 fully saturated rings. The second-order valence-electron chi connectivity index (χ2n) is 3.72. The van der Waals surface area contributed by atoms with E-state index in [-0.39, 0.29) is 11.8 Å². The molecule has 0 aromatic heterocycles. The molecule has 0 amide bonds. The number of thioether (sulfide) groups is 1. The predicted molar refractivity (Wildman–Crippen MR) is 116 cm³/mol. The van der Waals surface area contributed by atoms with Crippen LogP contribution in [0.2, 0.25) is 0 Å². The first-order valence-corrected chi connectivity index (χ1v) is 10.9. The zero-order chi connectivity index (χ0) is 19.3. The Kier molecular flexibility index (Phi) is 35.2. The number of carbonyl (C=O) groups is 1. The lowest BCUT2D eigenvalue weighted by atomic mass is 10.2. The molecule has 23 heavy (non-hydrogen) atoms. The first kappa shape index (κ1) is 30.5. The van der Waals surface area contributed by atoms with Crippen molar-refractivity contribution in [2.75, 3.05) is 12.4 Å². The van der Waals surface area contributed by atoms with Gasteiger partial charge in [-0.3, -0.25) is 4.79 Å². The van der Waals surface area contributed by atoms with Crippen LogP contribution in [0.25, 0.3) is 0 Å². The van der Waals surface area contributed by atoms with Crippen molar-refractivity contribution in [2.24, 2.45) is 5.73 Å². The van der Waals surface area contributed by atoms with Crippen molar-refractivity contribution < 1.29 is 4.79 Å². The van der Waals surface area contributed by atoms with E-state index in [2.05, 4.69) is 40.4 Å². The molecular weight excluding hydrogens is 321 g/mol. The number of ketones is 1. The maximum atomic E-state index is 10.9. The van der Waals surface area contributed by atoms with Gasteiger partial charge >= 0.3 is 0 Å². The summed E-state index contributed by atoms with van der Waals surface area (Å²) in [6.45, 7) is 17.5. The lowest BCUT2D eigenvalue weighted by Gasteiger charge is -2.07. The van der Waals surface area contributed by atoms with Crippen LogP contribution < -0.4 is 5.73 Å². The summed E-state index contributed by atoms with van der Waals surface area (Å²) in [6, 6.07) is 8.07. The summed E-state index contributed by atoms with van der Waals surface area (Å²) in [5, 5.41) is 0. The van der Waals surface area contributed by atoms with Crippen LogP contribution >= 0.6 is 21.0 Å². The van der Waals surface area contributed by atoms with Gasteiger partial charge in [0.2, 0.25) is 0 Å². The van der Waals surface area contributed by atoms with Crippen molar-refractivity contribution in [1.82, 2.24) is 0 Å². The van der Waals surface area contributed by atoms with Gasteiger partial charge in [-0.25, -0.2) is 0 Å². The second kappa shape index (κ2) is 26.5. The van der Waals surface area contributed by atoms with Gasteiger partial charge in [0.05, 0.1) is 6.04 Å². The third kappa shape index (κ3) is 21.6. The lowest BCUT2D eigenvalue weighted by Crippen LogP contribution is -2.30. The molecule has 2 N–H and O–H groups in total. The Morgan fingerprint density at radius 1 is 1.13 bits per heavy atom. The Morgan fingerprint density at radius 2 is 1.61 bits per heavy atom. The predicted octanol–water partition coefficient (Wildman–Crippen LogP) is 5.71. The maximum absolute atomic E-state index is 10.9. The van der Waals surface area contributed by atoms with Gasteiger partial charge in [0.1, 0.15) is 5.78 Å². The van der Waals surface area contributed by atoms with Crippen LogP contribution in [0.15, 0.2) is 24.3 Å². The van der Waals surface area contributed by atoms with E-state index in [0.717, 1.165) is 5.75 Å². The third-order valence-corrected chi connectivity index (χ3v) is 3.30. The minimum absolute atomic E-state index is 0.0618. The van der Waals surface area contributed by atoms with Crippen LogP contribution in [0.5, 0.6) is 0 Å².